The Labute approximate surface area is 363 Å². The van der Waals surface area contributed by atoms with E-state index in [1.807, 2.05) is 6.92 Å². The van der Waals surface area contributed by atoms with Gasteiger partial charge in [0.2, 0.25) is 17.8 Å². The number of pyridine rings is 1. The van der Waals surface area contributed by atoms with E-state index in [0.717, 1.165) is 115 Å². The summed E-state index contributed by atoms with van der Waals surface area (Å²) in [4.78, 5) is 51.6. The first-order valence-corrected chi connectivity index (χ1v) is 24.2. The zero-order chi connectivity index (χ0) is 42.5. The van der Waals surface area contributed by atoms with Crippen molar-refractivity contribution in [3.63, 3.8) is 0 Å². The lowest BCUT2D eigenvalue weighted by atomic mass is 9.63. The number of hydrogen-bond donors (Lipinski definition) is 3. The van der Waals surface area contributed by atoms with Gasteiger partial charge in [0.25, 0.3) is 5.56 Å². The minimum Gasteiger partial charge on any atom is -0.374 e. The quantitative estimate of drug-likeness (QED) is 0.130. The Morgan fingerprint density at radius 2 is 1.69 bits per heavy atom. The number of piperidine rings is 3. The van der Waals surface area contributed by atoms with Crippen molar-refractivity contribution in [2.75, 3.05) is 48.3 Å². The number of rotatable bonds is 11. The average molecular weight is 870 g/mol. The standard InChI is InChI=1S/C46H57ClN8O5S/c1-3-31-23-33(49-39-11-13-41(56)51-43(39)57)8-12-40(31)54-18-14-30(15-19-54)28-53-20-16-46(17-21-53)25-36(26-46)61(59,60)35-9-10-38(29(2)22-35)50-45-48-27-32-24-37(47)44(58)55(42(32)52-45)34-6-4-5-7-34/h8-10,12,22-24,27,30,34,36,39,49H,3-7,11,13-21,25-26,28H2,1-2H3,(H,48,50,52)(H,51,56,57). The predicted molar refractivity (Wildman–Crippen MR) is 240 cm³/mol. The molecule has 2 aromatic carbocycles. The third-order valence-corrected chi connectivity index (χ3v) is 16.8. The number of anilines is 4. The zero-order valence-corrected chi connectivity index (χ0v) is 36.8. The Morgan fingerprint density at radius 3 is 2.39 bits per heavy atom. The van der Waals surface area contributed by atoms with Gasteiger partial charge in [-0.05, 0) is 149 Å². The van der Waals surface area contributed by atoms with Gasteiger partial charge in [0, 0.05) is 60.7 Å². The number of fused-ring (bicyclic) bond motifs is 1. The van der Waals surface area contributed by atoms with Crippen molar-refractivity contribution in [2.24, 2.45) is 11.3 Å². The van der Waals surface area contributed by atoms with E-state index < -0.39 is 15.9 Å². The molecule has 2 saturated carbocycles. The highest BCUT2D eigenvalue weighted by atomic mass is 35.5. The van der Waals surface area contributed by atoms with E-state index in [9.17, 15) is 22.8 Å². The highest BCUT2D eigenvalue weighted by Gasteiger charge is 2.51. The third-order valence-electron chi connectivity index (χ3n) is 14.4. The molecule has 4 aromatic rings. The molecular weight excluding hydrogens is 812 g/mol. The van der Waals surface area contributed by atoms with Crippen molar-refractivity contribution in [1.29, 1.82) is 0 Å². The summed E-state index contributed by atoms with van der Waals surface area (Å²) in [6, 6.07) is 12.9. The van der Waals surface area contributed by atoms with Crippen molar-refractivity contribution < 1.29 is 18.0 Å². The molecule has 9 rings (SSSR count). The monoisotopic (exact) mass is 868 g/mol. The molecule has 1 atom stereocenters. The molecule has 61 heavy (non-hydrogen) atoms. The number of aryl methyl sites for hydroxylation is 2. The number of nitrogens with zero attached hydrogens (tertiary/aromatic N) is 5. The molecule has 13 nitrogen and oxygen atoms in total. The second-order valence-electron chi connectivity index (χ2n) is 18.3. The lowest BCUT2D eigenvalue weighted by Crippen LogP contribution is -2.52. The fourth-order valence-electron chi connectivity index (χ4n) is 10.7. The van der Waals surface area contributed by atoms with Crippen LogP contribution < -0.4 is 26.4 Å². The summed E-state index contributed by atoms with van der Waals surface area (Å²) >= 11 is 6.31. The molecule has 2 aliphatic carbocycles. The number of carbonyl (C=O) groups is 2. The van der Waals surface area contributed by atoms with E-state index >= 15 is 0 Å². The van der Waals surface area contributed by atoms with E-state index in [-0.39, 0.29) is 39.1 Å². The van der Waals surface area contributed by atoms with Crippen molar-refractivity contribution in [3.8, 4) is 0 Å². The smallest absolute Gasteiger partial charge is 0.271 e. The zero-order valence-electron chi connectivity index (χ0n) is 35.2. The van der Waals surface area contributed by atoms with E-state index in [2.05, 4.69) is 55.9 Å². The Hall–Kier alpha value is -4.53. The molecule has 3 N–H and O–H groups in total. The maximum Gasteiger partial charge on any atom is 0.271 e. The van der Waals surface area contributed by atoms with Crippen molar-refractivity contribution >= 4 is 67.3 Å². The second kappa shape index (κ2) is 17.0. The lowest BCUT2D eigenvalue weighted by Gasteiger charge is -2.52. The van der Waals surface area contributed by atoms with Gasteiger partial charge < -0.3 is 20.4 Å². The SMILES string of the molecule is CCc1cc(NC2CCC(=O)NC2=O)ccc1N1CCC(CN2CCC3(CC2)CC(S(=O)(=O)c2ccc(Nc4ncc5cc(Cl)c(=O)n(C6CCCC6)c5n4)c(C)c2)C3)CC1. The first-order chi connectivity index (χ1) is 29.4. The number of amides is 2. The normalized spacial score (nSPS) is 21.8. The van der Waals surface area contributed by atoms with Crippen LogP contribution in [0.2, 0.25) is 5.02 Å². The van der Waals surface area contributed by atoms with Gasteiger partial charge in [-0.2, -0.15) is 4.98 Å². The van der Waals surface area contributed by atoms with Crippen LogP contribution in [0.4, 0.5) is 23.0 Å². The van der Waals surface area contributed by atoms with E-state index in [4.69, 9.17) is 16.6 Å². The molecule has 2 aromatic heterocycles. The summed E-state index contributed by atoms with van der Waals surface area (Å²) in [7, 11) is -3.48. The number of imide groups is 1. The minimum atomic E-state index is -3.48. The molecule has 0 radical (unpaired) electrons. The highest BCUT2D eigenvalue weighted by molar-refractivity contribution is 7.92. The van der Waals surface area contributed by atoms with Crippen molar-refractivity contribution in [1.82, 2.24) is 24.8 Å². The fraction of sp³-hybridized carbons (Fsp3) is 0.543. The summed E-state index contributed by atoms with van der Waals surface area (Å²) in [5.74, 6) is 0.521. The van der Waals surface area contributed by atoms with Gasteiger partial charge in [0.1, 0.15) is 16.7 Å². The summed E-state index contributed by atoms with van der Waals surface area (Å²) in [6.07, 6.45) is 13.2. The van der Waals surface area contributed by atoms with Crippen molar-refractivity contribution in [3.05, 3.63) is 75.2 Å². The first kappa shape index (κ1) is 41.8. The van der Waals surface area contributed by atoms with Gasteiger partial charge in [-0.25, -0.2) is 13.4 Å². The van der Waals surface area contributed by atoms with E-state index in [1.165, 1.54) is 11.3 Å². The summed E-state index contributed by atoms with van der Waals surface area (Å²) < 4.78 is 29.6. The molecule has 0 bridgehead atoms. The predicted octanol–water partition coefficient (Wildman–Crippen LogP) is 7.33. The number of halogens is 1. The molecule has 5 fully saturated rings. The Bertz CT molecular complexity index is 2500. The van der Waals surface area contributed by atoms with Crippen molar-refractivity contribution in [2.45, 2.75) is 120 Å². The summed E-state index contributed by atoms with van der Waals surface area (Å²) in [5, 5.41) is 9.54. The highest BCUT2D eigenvalue weighted by Crippen LogP contribution is 2.53. The summed E-state index contributed by atoms with van der Waals surface area (Å²) in [5.41, 5.74) is 5.36. The maximum absolute atomic E-state index is 13.9. The topological polar surface area (TPSA) is 159 Å². The van der Waals surface area contributed by atoms with Gasteiger partial charge in [0.15, 0.2) is 9.84 Å². The molecule has 1 unspecified atom stereocenters. The van der Waals surface area contributed by atoms with Crippen LogP contribution in [-0.2, 0) is 25.8 Å². The number of nitrogens with one attached hydrogen (secondary N) is 3. The van der Waals surface area contributed by atoms with Gasteiger partial charge in [0.05, 0.1) is 10.1 Å². The van der Waals surface area contributed by atoms with Gasteiger partial charge in [-0.3, -0.25) is 24.3 Å². The lowest BCUT2D eigenvalue weighted by molar-refractivity contribution is -0.133. The first-order valence-electron chi connectivity index (χ1n) is 22.3. The third kappa shape index (κ3) is 8.52. The van der Waals surface area contributed by atoms with Gasteiger partial charge in [-0.15, -0.1) is 0 Å². The molecule has 324 valence electrons. The molecule has 2 amide bonds. The molecule has 15 heteroatoms. The molecule has 5 heterocycles. The Kier molecular flexibility index (Phi) is 11.6. The number of aromatic nitrogens is 3. The molecular formula is C46H57ClN8O5S. The molecule has 5 aliphatic rings. The van der Waals surface area contributed by atoms with E-state index in [1.54, 1.807) is 35.0 Å². The number of sulfone groups is 1. The number of benzene rings is 2. The van der Waals surface area contributed by atoms with Gasteiger partial charge in [-0.1, -0.05) is 31.4 Å². The molecule has 3 saturated heterocycles. The number of likely N-dealkylation sites (tertiary alicyclic amines) is 1. The van der Waals surface area contributed by atoms with Crippen LogP contribution in [0.15, 0.2) is 58.4 Å². The van der Waals surface area contributed by atoms with Crippen LogP contribution in [0.5, 0.6) is 0 Å². The van der Waals surface area contributed by atoms with Gasteiger partial charge >= 0.3 is 0 Å². The Morgan fingerprint density at radius 1 is 0.934 bits per heavy atom. The summed E-state index contributed by atoms with van der Waals surface area (Å²) in [6.45, 7) is 9.23. The molecule has 3 aliphatic heterocycles. The fourth-order valence-corrected chi connectivity index (χ4v) is 13.0. The van der Waals surface area contributed by atoms with Crippen LogP contribution in [0.25, 0.3) is 11.0 Å². The van der Waals surface area contributed by atoms with Crippen LogP contribution in [0.1, 0.15) is 101 Å². The largest absolute Gasteiger partial charge is 0.374 e. The second-order valence-corrected chi connectivity index (χ2v) is 21.0. The van der Waals surface area contributed by atoms with Crippen LogP contribution in [0.3, 0.4) is 0 Å². The average Bonchev–Trinajstić information content (AvgIpc) is 3.77. The van der Waals surface area contributed by atoms with Crippen LogP contribution >= 0.6 is 11.6 Å². The maximum atomic E-state index is 13.9. The van der Waals surface area contributed by atoms with Crippen LogP contribution in [-0.4, -0.2) is 83.7 Å². The number of carbonyl (C=O) groups excluding carboxylic acids is 2. The Balaban J connectivity index is 0.755. The number of hydrogen-bond acceptors (Lipinski definition) is 11. The van der Waals surface area contributed by atoms with E-state index in [0.29, 0.717) is 46.3 Å². The minimum absolute atomic E-state index is 0.0578. The molecule has 1 spiro atoms. The van der Waals surface area contributed by atoms with Crippen LogP contribution in [0, 0.1) is 18.3 Å².